The summed E-state index contributed by atoms with van der Waals surface area (Å²) in [6, 6.07) is 14.4. The maximum absolute atomic E-state index is 12.7. The topological polar surface area (TPSA) is 67.2 Å². The number of aromatic nitrogens is 2. The molecule has 2 heterocycles. The van der Waals surface area contributed by atoms with Crippen molar-refractivity contribution in [1.29, 1.82) is 0 Å². The van der Waals surface area contributed by atoms with E-state index in [2.05, 4.69) is 10.4 Å². The number of carbonyl (C=O) groups excluding carboxylic acids is 2. The summed E-state index contributed by atoms with van der Waals surface area (Å²) in [6.45, 7) is 1.38. The number of rotatable bonds is 5. The summed E-state index contributed by atoms with van der Waals surface area (Å²) in [5.41, 5.74) is 2.73. The van der Waals surface area contributed by atoms with Crippen molar-refractivity contribution >= 4 is 29.1 Å². The second kappa shape index (κ2) is 7.86. The van der Waals surface area contributed by atoms with Crippen molar-refractivity contribution < 1.29 is 9.59 Å². The lowest BCUT2D eigenvalue weighted by Crippen LogP contribution is -2.23. The van der Waals surface area contributed by atoms with Crippen LogP contribution in [0.1, 0.15) is 28.8 Å². The predicted molar refractivity (Wildman–Crippen MR) is 108 cm³/mol. The normalized spacial score (nSPS) is 13.8. The van der Waals surface area contributed by atoms with Gasteiger partial charge in [0, 0.05) is 37.5 Å². The molecular formula is C21H19ClN4O2. The summed E-state index contributed by atoms with van der Waals surface area (Å²) in [5.74, 6) is -0.0478. The third-order valence-corrected chi connectivity index (χ3v) is 5.03. The Morgan fingerprint density at radius 3 is 2.64 bits per heavy atom. The Labute approximate surface area is 167 Å². The molecule has 0 bridgehead atoms. The minimum absolute atomic E-state index is 0.189. The van der Waals surface area contributed by atoms with Gasteiger partial charge in [-0.1, -0.05) is 29.8 Å². The molecule has 4 rings (SSSR count). The van der Waals surface area contributed by atoms with E-state index in [1.54, 1.807) is 53.5 Å². The van der Waals surface area contributed by atoms with Crippen molar-refractivity contribution in [3.8, 4) is 5.69 Å². The minimum Gasteiger partial charge on any atom is -0.338 e. The second-order valence-electron chi connectivity index (χ2n) is 6.66. The van der Waals surface area contributed by atoms with Gasteiger partial charge < -0.3 is 10.2 Å². The Morgan fingerprint density at radius 1 is 1.14 bits per heavy atom. The highest BCUT2D eigenvalue weighted by Gasteiger charge is 2.20. The molecule has 0 spiro atoms. The van der Waals surface area contributed by atoms with E-state index in [0.29, 0.717) is 34.9 Å². The van der Waals surface area contributed by atoms with E-state index in [4.69, 9.17) is 11.6 Å². The molecule has 3 aromatic rings. The van der Waals surface area contributed by atoms with Crippen LogP contribution in [0.2, 0.25) is 5.02 Å². The monoisotopic (exact) mass is 394 g/mol. The number of benzene rings is 2. The highest BCUT2D eigenvalue weighted by atomic mass is 35.5. The van der Waals surface area contributed by atoms with Crippen molar-refractivity contribution in [3.05, 3.63) is 77.1 Å². The third kappa shape index (κ3) is 3.77. The van der Waals surface area contributed by atoms with Gasteiger partial charge in [0.15, 0.2) is 0 Å². The van der Waals surface area contributed by atoms with Crippen LogP contribution in [0.5, 0.6) is 0 Å². The molecule has 1 aliphatic rings. The first-order valence-corrected chi connectivity index (χ1v) is 9.46. The maximum Gasteiger partial charge on any atom is 0.255 e. The molecule has 1 aliphatic heterocycles. The van der Waals surface area contributed by atoms with Crippen LogP contribution in [0.4, 0.5) is 5.69 Å². The number of para-hydroxylation sites is 1. The van der Waals surface area contributed by atoms with E-state index in [1.807, 2.05) is 17.0 Å². The summed E-state index contributed by atoms with van der Waals surface area (Å²) < 4.78 is 1.62. The molecule has 0 radical (unpaired) electrons. The van der Waals surface area contributed by atoms with Gasteiger partial charge in [0.25, 0.3) is 5.91 Å². The molecule has 28 heavy (non-hydrogen) atoms. The van der Waals surface area contributed by atoms with Crippen LogP contribution in [0.3, 0.4) is 0 Å². The smallest absolute Gasteiger partial charge is 0.255 e. The van der Waals surface area contributed by atoms with Crippen LogP contribution in [-0.4, -0.2) is 33.0 Å². The summed E-state index contributed by atoms with van der Waals surface area (Å²) in [4.78, 5) is 26.3. The number of amides is 2. The van der Waals surface area contributed by atoms with Gasteiger partial charge in [-0.2, -0.15) is 5.10 Å². The van der Waals surface area contributed by atoms with Gasteiger partial charge in [0.05, 0.1) is 10.7 Å². The molecule has 0 atom stereocenters. The van der Waals surface area contributed by atoms with Crippen molar-refractivity contribution in [1.82, 2.24) is 14.7 Å². The van der Waals surface area contributed by atoms with Crippen molar-refractivity contribution in [3.63, 3.8) is 0 Å². The van der Waals surface area contributed by atoms with Gasteiger partial charge >= 0.3 is 0 Å². The summed E-state index contributed by atoms with van der Waals surface area (Å²) in [7, 11) is 0. The molecule has 1 fully saturated rings. The highest BCUT2D eigenvalue weighted by molar-refractivity contribution is 6.33. The fourth-order valence-corrected chi connectivity index (χ4v) is 3.56. The zero-order valence-electron chi connectivity index (χ0n) is 15.1. The van der Waals surface area contributed by atoms with Crippen LogP contribution in [0.15, 0.2) is 60.9 Å². The van der Waals surface area contributed by atoms with Gasteiger partial charge in [-0.15, -0.1) is 0 Å². The van der Waals surface area contributed by atoms with Gasteiger partial charge in [0.1, 0.15) is 5.69 Å². The fourth-order valence-electron chi connectivity index (χ4n) is 3.30. The number of hydrogen-bond acceptors (Lipinski definition) is 3. The SMILES string of the molecule is O=C(Nc1cccc(Cl)c1-n1cccn1)c1ccc(CN2CCCC2=O)cc1. The van der Waals surface area contributed by atoms with E-state index in [1.165, 1.54) is 0 Å². The van der Waals surface area contributed by atoms with E-state index in [9.17, 15) is 9.59 Å². The molecule has 142 valence electrons. The number of halogens is 1. The minimum atomic E-state index is -0.237. The van der Waals surface area contributed by atoms with Crippen LogP contribution in [0, 0.1) is 0 Å². The average Bonchev–Trinajstić information content (AvgIpc) is 3.35. The number of hydrogen-bond donors (Lipinski definition) is 1. The summed E-state index contributed by atoms with van der Waals surface area (Å²) >= 11 is 6.32. The molecule has 0 saturated carbocycles. The third-order valence-electron chi connectivity index (χ3n) is 4.73. The van der Waals surface area contributed by atoms with Crippen molar-refractivity contribution in [2.24, 2.45) is 0 Å². The molecule has 0 aliphatic carbocycles. The van der Waals surface area contributed by atoms with E-state index in [-0.39, 0.29) is 11.8 Å². The molecular weight excluding hydrogens is 376 g/mol. The molecule has 6 nitrogen and oxygen atoms in total. The summed E-state index contributed by atoms with van der Waals surface area (Å²) in [6.07, 6.45) is 4.96. The number of nitrogens with one attached hydrogen (secondary N) is 1. The Morgan fingerprint density at radius 2 is 1.96 bits per heavy atom. The molecule has 0 unspecified atom stereocenters. The molecule has 1 aromatic heterocycles. The molecule has 1 saturated heterocycles. The van der Waals surface area contributed by atoms with Crippen LogP contribution >= 0.6 is 11.6 Å². The lowest BCUT2D eigenvalue weighted by atomic mass is 10.1. The lowest BCUT2D eigenvalue weighted by Gasteiger charge is -2.16. The molecule has 2 amide bonds. The zero-order valence-corrected chi connectivity index (χ0v) is 15.9. The van der Waals surface area contributed by atoms with Crippen molar-refractivity contribution in [2.45, 2.75) is 19.4 Å². The van der Waals surface area contributed by atoms with E-state index >= 15 is 0 Å². The standard InChI is InChI=1S/C21H19ClN4O2/c22-17-4-1-5-18(20(17)26-13-3-11-23-26)24-21(28)16-9-7-15(8-10-16)14-25-12-2-6-19(25)27/h1,3-5,7-11,13H,2,6,12,14H2,(H,24,28). The fraction of sp³-hybridized carbons (Fsp3) is 0.190. The first kappa shape index (κ1) is 18.3. The van der Waals surface area contributed by atoms with E-state index in [0.717, 1.165) is 18.5 Å². The highest BCUT2D eigenvalue weighted by Crippen LogP contribution is 2.28. The number of anilines is 1. The first-order valence-electron chi connectivity index (χ1n) is 9.08. The largest absolute Gasteiger partial charge is 0.338 e. The van der Waals surface area contributed by atoms with Gasteiger partial charge in [-0.3, -0.25) is 9.59 Å². The molecule has 1 N–H and O–H groups in total. The van der Waals surface area contributed by atoms with Crippen molar-refractivity contribution in [2.75, 3.05) is 11.9 Å². The Balaban J connectivity index is 1.50. The molecule has 2 aromatic carbocycles. The summed E-state index contributed by atoms with van der Waals surface area (Å²) in [5, 5.41) is 7.60. The average molecular weight is 395 g/mol. The Hall–Kier alpha value is -3.12. The van der Waals surface area contributed by atoms with Gasteiger partial charge in [0.2, 0.25) is 5.91 Å². The first-order chi connectivity index (χ1) is 13.6. The number of likely N-dealkylation sites (tertiary alicyclic amines) is 1. The van der Waals surface area contributed by atoms with Gasteiger partial charge in [-0.25, -0.2) is 4.68 Å². The van der Waals surface area contributed by atoms with Crippen LogP contribution < -0.4 is 5.32 Å². The molecule has 7 heteroatoms. The Kier molecular flexibility index (Phi) is 5.12. The zero-order chi connectivity index (χ0) is 19.5. The van der Waals surface area contributed by atoms with Gasteiger partial charge in [-0.05, 0) is 42.3 Å². The number of carbonyl (C=O) groups is 2. The Bertz CT molecular complexity index is 1000. The lowest BCUT2D eigenvalue weighted by molar-refractivity contribution is -0.128. The number of nitrogens with zero attached hydrogens (tertiary/aromatic N) is 3. The van der Waals surface area contributed by atoms with Crippen LogP contribution in [-0.2, 0) is 11.3 Å². The quantitative estimate of drug-likeness (QED) is 0.713. The van der Waals surface area contributed by atoms with E-state index < -0.39 is 0 Å². The second-order valence-corrected chi connectivity index (χ2v) is 7.06. The van der Waals surface area contributed by atoms with Crippen LogP contribution in [0.25, 0.3) is 5.69 Å². The maximum atomic E-state index is 12.7. The predicted octanol–water partition coefficient (Wildman–Crippen LogP) is 3.90.